The standard InChI is InChI=1S/C18H16N4/c1-13-7-9-15(10-8-13)17-11-16(14-5-3-2-4-6-14)21-18-19-12-20-22(17)18/h2-12,17H,1H3,(H,19,20,21). The van der Waals surface area contributed by atoms with Crippen LogP contribution in [0.25, 0.3) is 5.70 Å². The van der Waals surface area contributed by atoms with Gasteiger partial charge in [0.25, 0.3) is 0 Å². The number of benzene rings is 2. The molecule has 22 heavy (non-hydrogen) atoms. The average molecular weight is 288 g/mol. The summed E-state index contributed by atoms with van der Waals surface area (Å²) in [4.78, 5) is 4.33. The van der Waals surface area contributed by atoms with E-state index in [0.29, 0.717) is 0 Å². The summed E-state index contributed by atoms with van der Waals surface area (Å²) in [6.07, 6.45) is 3.78. The molecule has 1 aliphatic rings. The van der Waals surface area contributed by atoms with Gasteiger partial charge in [0, 0.05) is 5.70 Å². The molecule has 0 amide bonds. The van der Waals surface area contributed by atoms with E-state index >= 15 is 0 Å². The molecule has 2 aromatic carbocycles. The zero-order valence-corrected chi connectivity index (χ0v) is 12.3. The molecule has 3 aromatic rings. The highest BCUT2D eigenvalue weighted by Crippen LogP contribution is 2.31. The Balaban J connectivity index is 1.81. The third-order valence-electron chi connectivity index (χ3n) is 3.91. The molecular weight excluding hydrogens is 272 g/mol. The summed E-state index contributed by atoms with van der Waals surface area (Å²) in [5, 5.41) is 7.72. The molecule has 1 aliphatic heterocycles. The Morgan fingerprint density at radius 3 is 2.55 bits per heavy atom. The van der Waals surface area contributed by atoms with Gasteiger partial charge in [0.15, 0.2) is 0 Å². The molecule has 0 fully saturated rings. The lowest BCUT2D eigenvalue weighted by molar-refractivity contribution is 0.612. The predicted molar refractivity (Wildman–Crippen MR) is 87.4 cm³/mol. The number of fused-ring (bicyclic) bond motifs is 1. The van der Waals surface area contributed by atoms with Crippen LogP contribution >= 0.6 is 0 Å². The Bertz CT molecular complexity index is 816. The molecule has 4 rings (SSSR count). The first-order valence-corrected chi connectivity index (χ1v) is 7.31. The van der Waals surface area contributed by atoms with Gasteiger partial charge in [0.1, 0.15) is 12.4 Å². The Hall–Kier alpha value is -2.88. The first-order chi connectivity index (χ1) is 10.8. The zero-order valence-electron chi connectivity index (χ0n) is 12.3. The van der Waals surface area contributed by atoms with Crippen LogP contribution < -0.4 is 5.32 Å². The maximum absolute atomic E-state index is 4.36. The number of nitrogens with one attached hydrogen (secondary N) is 1. The second kappa shape index (κ2) is 5.15. The minimum absolute atomic E-state index is 0.0505. The van der Waals surface area contributed by atoms with Gasteiger partial charge in [-0.25, -0.2) is 4.68 Å². The molecule has 4 nitrogen and oxygen atoms in total. The number of anilines is 1. The normalized spacial score (nSPS) is 16.6. The van der Waals surface area contributed by atoms with Crippen molar-refractivity contribution < 1.29 is 0 Å². The quantitative estimate of drug-likeness (QED) is 0.783. The Kier molecular flexibility index (Phi) is 3.00. The summed E-state index contributed by atoms with van der Waals surface area (Å²) in [6.45, 7) is 2.10. The van der Waals surface area contributed by atoms with Gasteiger partial charge in [-0.05, 0) is 24.1 Å². The maximum Gasteiger partial charge on any atom is 0.226 e. The molecule has 4 heteroatoms. The zero-order chi connectivity index (χ0) is 14.9. The molecule has 0 bridgehead atoms. The fraction of sp³-hybridized carbons (Fsp3) is 0.111. The molecule has 0 saturated heterocycles. The van der Waals surface area contributed by atoms with E-state index in [1.165, 1.54) is 11.1 Å². The van der Waals surface area contributed by atoms with Gasteiger partial charge >= 0.3 is 0 Å². The molecule has 2 heterocycles. The van der Waals surface area contributed by atoms with Gasteiger partial charge in [-0.3, -0.25) is 0 Å². The van der Waals surface area contributed by atoms with E-state index in [2.05, 4.69) is 64.8 Å². The van der Waals surface area contributed by atoms with Crippen LogP contribution in [-0.4, -0.2) is 14.8 Å². The lowest BCUT2D eigenvalue weighted by Crippen LogP contribution is -2.20. The van der Waals surface area contributed by atoms with Crippen LogP contribution in [0.2, 0.25) is 0 Å². The van der Waals surface area contributed by atoms with Crippen molar-refractivity contribution >= 4 is 11.6 Å². The Labute approximate surface area is 129 Å². The van der Waals surface area contributed by atoms with Crippen LogP contribution in [0.1, 0.15) is 22.7 Å². The van der Waals surface area contributed by atoms with Gasteiger partial charge in [-0.1, -0.05) is 60.2 Å². The monoisotopic (exact) mass is 288 g/mol. The third-order valence-corrected chi connectivity index (χ3v) is 3.91. The predicted octanol–water partition coefficient (Wildman–Crippen LogP) is 3.64. The highest BCUT2D eigenvalue weighted by atomic mass is 15.4. The molecular formula is C18H16N4. The lowest BCUT2D eigenvalue weighted by atomic mass is 10.0. The van der Waals surface area contributed by atoms with E-state index in [0.717, 1.165) is 17.2 Å². The molecule has 1 atom stereocenters. The second-order valence-electron chi connectivity index (χ2n) is 5.46. The molecule has 1 aromatic heterocycles. The van der Waals surface area contributed by atoms with E-state index in [4.69, 9.17) is 0 Å². The summed E-state index contributed by atoms with van der Waals surface area (Å²) >= 11 is 0. The fourth-order valence-electron chi connectivity index (χ4n) is 2.72. The maximum atomic E-state index is 4.36. The van der Waals surface area contributed by atoms with Gasteiger partial charge < -0.3 is 5.32 Å². The highest BCUT2D eigenvalue weighted by Gasteiger charge is 2.23. The van der Waals surface area contributed by atoms with Gasteiger partial charge in [-0.15, -0.1) is 0 Å². The van der Waals surface area contributed by atoms with Crippen LogP contribution in [0.5, 0.6) is 0 Å². The van der Waals surface area contributed by atoms with Crippen molar-refractivity contribution in [2.45, 2.75) is 13.0 Å². The first-order valence-electron chi connectivity index (χ1n) is 7.31. The van der Waals surface area contributed by atoms with E-state index in [1.807, 2.05) is 22.9 Å². The summed E-state index contributed by atoms with van der Waals surface area (Å²) in [5.74, 6) is 0.770. The minimum atomic E-state index is 0.0505. The van der Waals surface area contributed by atoms with E-state index < -0.39 is 0 Å². The smallest absolute Gasteiger partial charge is 0.226 e. The van der Waals surface area contributed by atoms with Crippen molar-refractivity contribution in [1.82, 2.24) is 14.8 Å². The number of hydrogen-bond donors (Lipinski definition) is 1. The van der Waals surface area contributed by atoms with Gasteiger partial charge in [0.05, 0.1) is 0 Å². The van der Waals surface area contributed by atoms with Crippen molar-refractivity contribution in [3.05, 3.63) is 83.7 Å². The Morgan fingerprint density at radius 2 is 1.77 bits per heavy atom. The number of allylic oxidation sites excluding steroid dienone is 1. The molecule has 0 radical (unpaired) electrons. The molecule has 0 saturated carbocycles. The van der Waals surface area contributed by atoms with Crippen LogP contribution in [0, 0.1) is 6.92 Å². The molecule has 1 unspecified atom stereocenters. The number of nitrogens with zero attached hydrogens (tertiary/aromatic N) is 3. The number of rotatable bonds is 2. The minimum Gasteiger partial charge on any atom is -0.324 e. The number of hydrogen-bond acceptors (Lipinski definition) is 3. The average Bonchev–Trinajstić information content (AvgIpc) is 3.04. The summed E-state index contributed by atoms with van der Waals surface area (Å²) in [5.41, 5.74) is 4.66. The SMILES string of the molecule is Cc1ccc(C2C=C(c3ccccc3)Nc3ncnn32)cc1. The second-order valence-corrected chi connectivity index (χ2v) is 5.46. The highest BCUT2D eigenvalue weighted by molar-refractivity contribution is 5.76. The largest absolute Gasteiger partial charge is 0.324 e. The number of aryl methyl sites for hydroxylation is 1. The van der Waals surface area contributed by atoms with Crippen molar-refractivity contribution in [3.63, 3.8) is 0 Å². The molecule has 108 valence electrons. The van der Waals surface area contributed by atoms with Crippen molar-refractivity contribution in [2.75, 3.05) is 5.32 Å². The van der Waals surface area contributed by atoms with Gasteiger partial charge in [-0.2, -0.15) is 10.1 Å². The first kappa shape index (κ1) is 12.8. The fourth-order valence-corrected chi connectivity index (χ4v) is 2.72. The van der Waals surface area contributed by atoms with Crippen LogP contribution in [-0.2, 0) is 0 Å². The van der Waals surface area contributed by atoms with Crippen molar-refractivity contribution in [2.24, 2.45) is 0 Å². The summed E-state index contributed by atoms with van der Waals surface area (Å²) in [7, 11) is 0. The molecule has 0 aliphatic carbocycles. The van der Waals surface area contributed by atoms with Crippen molar-refractivity contribution in [3.8, 4) is 0 Å². The topological polar surface area (TPSA) is 42.7 Å². The summed E-state index contributed by atoms with van der Waals surface area (Å²) < 4.78 is 1.91. The van der Waals surface area contributed by atoms with Crippen LogP contribution in [0.15, 0.2) is 67.0 Å². The third kappa shape index (κ3) is 2.19. The lowest BCUT2D eigenvalue weighted by Gasteiger charge is -2.24. The Morgan fingerprint density at radius 1 is 1.00 bits per heavy atom. The molecule has 1 N–H and O–H groups in total. The van der Waals surface area contributed by atoms with Crippen LogP contribution in [0.3, 0.4) is 0 Å². The molecule has 0 spiro atoms. The van der Waals surface area contributed by atoms with Crippen LogP contribution in [0.4, 0.5) is 5.95 Å². The van der Waals surface area contributed by atoms with E-state index in [-0.39, 0.29) is 6.04 Å². The van der Waals surface area contributed by atoms with Crippen molar-refractivity contribution in [1.29, 1.82) is 0 Å². The number of aromatic nitrogens is 3. The summed E-state index contributed by atoms with van der Waals surface area (Å²) in [6, 6.07) is 18.9. The van der Waals surface area contributed by atoms with Gasteiger partial charge in [0.2, 0.25) is 5.95 Å². The van der Waals surface area contributed by atoms with E-state index in [9.17, 15) is 0 Å². The van der Waals surface area contributed by atoms with E-state index in [1.54, 1.807) is 6.33 Å².